The molecule has 3 rings (SSSR count). The van der Waals surface area contributed by atoms with E-state index in [0.29, 0.717) is 5.92 Å². The monoisotopic (exact) mass is 562 g/mol. The lowest BCUT2D eigenvalue weighted by Crippen LogP contribution is -2.52. The van der Waals surface area contributed by atoms with Gasteiger partial charge in [-0.3, -0.25) is 9.89 Å². The van der Waals surface area contributed by atoms with Gasteiger partial charge in [0.1, 0.15) is 11.9 Å². The summed E-state index contributed by atoms with van der Waals surface area (Å²) in [6.07, 6.45) is 4.64. The van der Waals surface area contributed by atoms with Crippen molar-refractivity contribution in [2.75, 3.05) is 52.9 Å². The third-order valence-electron chi connectivity index (χ3n) is 5.77. The van der Waals surface area contributed by atoms with Crippen LogP contribution in [0.4, 0.5) is 4.79 Å². The predicted octanol–water partition coefficient (Wildman–Crippen LogP) is 3.02. The first-order chi connectivity index (χ1) is 14.8. The summed E-state index contributed by atoms with van der Waals surface area (Å²) < 4.78 is 10.5. The SMILES string of the molecule is CN=C(NCCC1CCCN(C(=O)OC(C)(C)C)C1)N1CCN(Cc2ccon2)CC1.I. The maximum Gasteiger partial charge on any atom is 0.410 e. The van der Waals surface area contributed by atoms with Gasteiger partial charge in [-0.05, 0) is 46.0 Å². The summed E-state index contributed by atoms with van der Waals surface area (Å²) in [5.74, 6) is 1.45. The number of ether oxygens (including phenoxy) is 1. The van der Waals surface area contributed by atoms with Crippen molar-refractivity contribution in [3.8, 4) is 0 Å². The number of carbonyl (C=O) groups excluding carboxylic acids is 1. The van der Waals surface area contributed by atoms with Crippen molar-refractivity contribution in [2.45, 2.75) is 52.2 Å². The number of nitrogens with zero attached hydrogens (tertiary/aromatic N) is 5. The van der Waals surface area contributed by atoms with Gasteiger partial charge in [0.05, 0.1) is 5.69 Å². The molecule has 2 fully saturated rings. The van der Waals surface area contributed by atoms with Crippen molar-refractivity contribution >= 4 is 36.0 Å². The molecule has 3 heterocycles. The van der Waals surface area contributed by atoms with Crippen LogP contribution in [0, 0.1) is 5.92 Å². The Bertz CT molecular complexity index is 714. The molecule has 182 valence electrons. The van der Waals surface area contributed by atoms with E-state index in [1.807, 2.05) is 38.8 Å². The molecular weight excluding hydrogens is 523 g/mol. The number of carbonyl (C=O) groups is 1. The molecule has 9 nitrogen and oxygen atoms in total. The minimum atomic E-state index is -0.447. The molecule has 2 aliphatic heterocycles. The first kappa shape index (κ1) is 26.7. The first-order valence-electron chi connectivity index (χ1n) is 11.4. The summed E-state index contributed by atoms with van der Waals surface area (Å²) in [7, 11) is 1.84. The summed E-state index contributed by atoms with van der Waals surface area (Å²) in [5, 5.41) is 7.52. The van der Waals surface area contributed by atoms with E-state index in [2.05, 4.69) is 25.3 Å². The zero-order chi connectivity index (χ0) is 22.3. The Labute approximate surface area is 208 Å². The standard InChI is InChI=1S/C22H38N6O3.HI/c1-22(2,3)31-21(29)28-10-5-6-18(16-28)7-9-24-20(23-4)27-13-11-26(12-14-27)17-19-8-15-30-25-19;/h8,15,18H,5-7,9-14,16-17H2,1-4H3,(H,23,24);1H. The number of nitrogens with one attached hydrogen (secondary N) is 1. The highest BCUT2D eigenvalue weighted by Gasteiger charge is 2.27. The third kappa shape index (κ3) is 8.42. The van der Waals surface area contributed by atoms with Crippen LogP contribution in [0.2, 0.25) is 0 Å². The van der Waals surface area contributed by atoms with E-state index in [9.17, 15) is 4.79 Å². The zero-order valence-corrected chi connectivity index (χ0v) is 22.2. The predicted molar refractivity (Wildman–Crippen MR) is 135 cm³/mol. The second kappa shape index (κ2) is 12.6. The maximum absolute atomic E-state index is 12.4. The van der Waals surface area contributed by atoms with E-state index < -0.39 is 5.60 Å². The van der Waals surface area contributed by atoms with Crippen LogP contribution in [0.15, 0.2) is 21.8 Å². The van der Waals surface area contributed by atoms with Crippen LogP contribution in [-0.4, -0.2) is 90.4 Å². The Morgan fingerprint density at radius 3 is 2.62 bits per heavy atom. The van der Waals surface area contributed by atoms with Gasteiger partial charge in [-0.15, -0.1) is 24.0 Å². The molecule has 0 aliphatic carbocycles. The quantitative estimate of drug-likeness (QED) is 0.336. The molecule has 0 radical (unpaired) electrons. The van der Waals surface area contributed by atoms with E-state index in [0.717, 1.165) is 83.3 Å². The Morgan fingerprint density at radius 2 is 2.00 bits per heavy atom. The number of likely N-dealkylation sites (tertiary alicyclic amines) is 1. The normalized spacial score (nSPS) is 20.6. The minimum Gasteiger partial charge on any atom is -0.444 e. The van der Waals surface area contributed by atoms with Crippen LogP contribution in [0.25, 0.3) is 0 Å². The third-order valence-corrected chi connectivity index (χ3v) is 5.77. The number of rotatable bonds is 5. The molecule has 0 spiro atoms. The second-order valence-electron chi connectivity index (χ2n) is 9.45. The van der Waals surface area contributed by atoms with Crippen molar-refractivity contribution in [3.63, 3.8) is 0 Å². The summed E-state index contributed by atoms with van der Waals surface area (Å²) >= 11 is 0. The van der Waals surface area contributed by atoms with Gasteiger partial charge < -0.3 is 24.4 Å². The molecule has 0 saturated carbocycles. The summed E-state index contributed by atoms with van der Waals surface area (Å²) in [4.78, 5) is 23.4. The molecule has 1 aromatic rings. The van der Waals surface area contributed by atoms with Crippen molar-refractivity contribution in [2.24, 2.45) is 10.9 Å². The molecule has 2 saturated heterocycles. The van der Waals surface area contributed by atoms with Gasteiger partial charge in [0, 0.05) is 65.5 Å². The molecule has 2 aliphatic rings. The van der Waals surface area contributed by atoms with Crippen LogP contribution >= 0.6 is 24.0 Å². The van der Waals surface area contributed by atoms with Gasteiger partial charge in [0.15, 0.2) is 5.96 Å². The van der Waals surface area contributed by atoms with Gasteiger partial charge >= 0.3 is 6.09 Å². The van der Waals surface area contributed by atoms with Gasteiger partial charge in [-0.1, -0.05) is 5.16 Å². The van der Waals surface area contributed by atoms with Crippen LogP contribution < -0.4 is 5.32 Å². The Morgan fingerprint density at radius 1 is 1.25 bits per heavy atom. The average molecular weight is 562 g/mol. The van der Waals surface area contributed by atoms with Crippen molar-refractivity contribution in [3.05, 3.63) is 18.0 Å². The second-order valence-corrected chi connectivity index (χ2v) is 9.45. The van der Waals surface area contributed by atoms with E-state index in [4.69, 9.17) is 9.26 Å². The molecule has 1 atom stereocenters. The molecule has 0 aromatic carbocycles. The Balaban J connectivity index is 0.00000363. The van der Waals surface area contributed by atoms with Crippen LogP contribution in [0.5, 0.6) is 0 Å². The van der Waals surface area contributed by atoms with Crippen molar-refractivity contribution < 1.29 is 14.1 Å². The summed E-state index contributed by atoms with van der Waals surface area (Å²) in [6.45, 7) is 12.8. The highest BCUT2D eigenvalue weighted by molar-refractivity contribution is 14.0. The van der Waals surface area contributed by atoms with Gasteiger partial charge in [-0.25, -0.2) is 4.79 Å². The zero-order valence-electron chi connectivity index (χ0n) is 19.9. The highest BCUT2D eigenvalue weighted by Crippen LogP contribution is 2.21. The first-order valence-corrected chi connectivity index (χ1v) is 11.4. The fourth-order valence-corrected chi connectivity index (χ4v) is 4.18. The number of amides is 1. The smallest absolute Gasteiger partial charge is 0.410 e. The van der Waals surface area contributed by atoms with Gasteiger partial charge in [0.25, 0.3) is 0 Å². The number of piperidine rings is 1. The van der Waals surface area contributed by atoms with E-state index in [1.165, 1.54) is 0 Å². The molecule has 1 N–H and O–H groups in total. The lowest BCUT2D eigenvalue weighted by molar-refractivity contribution is 0.0162. The van der Waals surface area contributed by atoms with Crippen molar-refractivity contribution in [1.82, 2.24) is 25.2 Å². The lowest BCUT2D eigenvalue weighted by Gasteiger charge is -2.36. The lowest BCUT2D eigenvalue weighted by atomic mass is 9.95. The summed E-state index contributed by atoms with van der Waals surface area (Å²) in [6, 6.07) is 1.92. The highest BCUT2D eigenvalue weighted by atomic mass is 127. The maximum atomic E-state index is 12.4. The van der Waals surface area contributed by atoms with Gasteiger partial charge in [0.2, 0.25) is 0 Å². The van der Waals surface area contributed by atoms with E-state index in [1.54, 1.807) is 6.26 Å². The molecule has 0 bridgehead atoms. The molecule has 10 heteroatoms. The average Bonchev–Trinajstić information content (AvgIpc) is 3.24. The van der Waals surface area contributed by atoms with E-state index in [-0.39, 0.29) is 30.1 Å². The molecule has 32 heavy (non-hydrogen) atoms. The van der Waals surface area contributed by atoms with E-state index >= 15 is 0 Å². The molecule has 1 aromatic heterocycles. The number of aliphatic imine (C=N–C) groups is 1. The topological polar surface area (TPSA) is 86.4 Å². The summed E-state index contributed by atoms with van der Waals surface area (Å²) in [5.41, 5.74) is 0.529. The largest absolute Gasteiger partial charge is 0.444 e. The molecular formula is C22H39IN6O3. The number of guanidine groups is 1. The van der Waals surface area contributed by atoms with Crippen molar-refractivity contribution in [1.29, 1.82) is 0 Å². The number of aromatic nitrogens is 1. The molecule has 1 amide bonds. The fraction of sp³-hybridized carbons (Fsp3) is 0.773. The Kier molecular flexibility index (Phi) is 10.5. The van der Waals surface area contributed by atoms with Crippen LogP contribution in [0.1, 0.15) is 45.7 Å². The number of hydrogen-bond acceptors (Lipinski definition) is 6. The minimum absolute atomic E-state index is 0. The number of halogens is 1. The number of piperazine rings is 1. The van der Waals surface area contributed by atoms with Crippen LogP contribution in [-0.2, 0) is 11.3 Å². The number of hydrogen-bond donors (Lipinski definition) is 1. The Hall–Kier alpha value is -1.56. The fourth-order valence-electron chi connectivity index (χ4n) is 4.18. The van der Waals surface area contributed by atoms with Gasteiger partial charge in [-0.2, -0.15) is 0 Å². The van der Waals surface area contributed by atoms with Crippen LogP contribution in [0.3, 0.4) is 0 Å². The molecule has 1 unspecified atom stereocenters.